The van der Waals surface area contributed by atoms with E-state index in [1.807, 2.05) is 11.9 Å². The molecule has 1 heterocycles. The van der Waals surface area contributed by atoms with E-state index >= 15 is 0 Å². The van der Waals surface area contributed by atoms with Crippen molar-refractivity contribution in [2.45, 2.75) is 18.6 Å². The molecule has 2 rings (SSSR count). The van der Waals surface area contributed by atoms with E-state index in [4.69, 9.17) is 5.73 Å². The second kappa shape index (κ2) is 5.09. The van der Waals surface area contributed by atoms with Crippen LogP contribution in [-0.4, -0.2) is 25.0 Å². The van der Waals surface area contributed by atoms with Gasteiger partial charge in [0.15, 0.2) is 0 Å². The molecule has 1 aromatic rings. The lowest BCUT2D eigenvalue weighted by Gasteiger charge is -2.21. The van der Waals surface area contributed by atoms with Crippen molar-refractivity contribution in [1.82, 2.24) is 4.90 Å². The lowest BCUT2D eigenvalue weighted by molar-refractivity contribution is -0.140. The quantitative estimate of drug-likeness (QED) is 0.842. The number of nitrogens with zero attached hydrogens (tertiary/aromatic N) is 1. The van der Waals surface area contributed by atoms with Gasteiger partial charge in [-0.25, -0.2) is 4.39 Å². The van der Waals surface area contributed by atoms with Crippen LogP contribution in [0, 0.1) is 11.7 Å². The average Bonchev–Trinajstić information content (AvgIpc) is 2.70. The van der Waals surface area contributed by atoms with Gasteiger partial charge in [0.25, 0.3) is 0 Å². The zero-order valence-electron chi connectivity index (χ0n) is 10.5. The molecule has 0 radical (unpaired) electrons. The summed E-state index contributed by atoms with van der Waals surface area (Å²) < 4.78 is 51.3. The maximum Gasteiger partial charge on any atom is 0.419 e. The van der Waals surface area contributed by atoms with Crippen molar-refractivity contribution in [3.05, 3.63) is 35.1 Å². The van der Waals surface area contributed by atoms with Crippen LogP contribution in [0.25, 0.3) is 0 Å². The first-order chi connectivity index (χ1) is 8.82. The Labute approximate surface area is 109 Å². The Balaban J connectivity index is 2.31. The third-order valence-corrected chi connectivity index (χ3v) is 3.65. The molecule has 0 saturated carbocycles. The van der Waals surface area contributed by atoms with Crippen LogP contribution in [0.1, 0.15) is 23.6 Å². The molecule has 19 heavy (non-hydrogen) atoms. The van der Waals surface area contributed by atoms with Crippen LogP contribution in [-0.2, 0) is 6.18 Å². The first-order valence-electron chi connectivity index (χ1n) is 6.10. The van der Waals surface area contributed by atoms with Crippen LogP contribution < -0.4 is 5.73 Å². The molecule has 1 saturated heterocycles. The van der Waals surface area contributed by atoms with Crippen molar-refractivity contribution in [1.29, 1.82) is 0 Å². The largest absolute Gasteiger partial charge is 0.419 e. The van der Waals surface area contributed by atoms with Gasteiger partial charge in [-0.05, 0) is 43.6 Å². The lowest BCUT2D eigenvalue weighted by atomic mass is 9.98. The van der Waals surface area contributed by atoms with E-state index in [1.54, 1.807) is 0 Å². The maximum atomic E-state index is 13.2. The molecular formula is C13H16F4N2. The van der Waals surface area contributed by atoms with Gasteiger partial charge < -0.3 is 5.73 Å². The summed E-state index contributed by atoms with van der Waals surface area (Å²) in [6, 6.07) is 3.09. The summed E-state index contributed by atoms with van der Waals surface area (Å²) in [6.45, 7) is 1.26. The molecule has 1 aliphatic rings. The lowest BCUT2D eigenvalue weighted by Crippen LogP contribution is -2.21. The Bertz CT molecular complexity index is 458. The summed E-state index contributed by atoms with van der Waals surface area (Å²) in [5.74, 6) is -0.957. The summed E-state index contributed by atoms with van der Waals surface area (Å²) in [4.78, 5) is 1.96. The van der Waals surface area contributed by atoms with Gasteiger partial charge in [-0.3, -0.25) is 4.90 Å². The van der Waals surface area contributed by atoms with Crippen LogP contribution in [0.5, 0.6) is 0 Å². The second-order valence-corrected chi connectivity index (χ2v) is 5.03. The minimum Gasteiger partial charge on any atom is -0.330 e. The first-order valence-corrected chi connectivity index (χ1v) is 6.10. The molecule has 1 aromatic carbocycles. The van der Waals surface area contributed by atoms with E-state index in [-0.39, 0.29) is 12.0 Å². The van der Waals surface area contributed by atoms with E-state index in [0.29, 0.717) is 18.5 Å². The van der Waals surface area contributed by atoms with Crippen molar-refractivity contribution < 1.29 is 17.6 Å². The number of hydrogen-bond donors (Lipinski definition) is 1. The van der Waals surface area contributed by atoms with Gasteiger partial charge in [0, 0.05) is 12.6 Å². The molecule has 6 heteroatoms. The Morgan fingerprint density at radius 2 is 2.05 bits per heavy atom. The summed E-state index contributed by atoms with van der Waals surface area (Å²) in [5, 5.41) is 0. The summed E-state index contributed by atoms with van der Waals surface area (Å²) in [6.07, 6.45) is -3.96. The molecule has 0 aromatic heterocycles. The summed E-state index contributed by atoms with van der Waals surface area (Å²) in [5.41, 5.74) is 4.89. The summed E-state index contributed by atoms with van der Waals surface area (Å²) in [7, 11) is 1.84. The SMILES string of the molecule is CN1CC(CN)CC1c1ccc(F)c(C(F)(F)F)c1. The third-order valence-electron chi connectivity index (χ3n) is 3.65. The number of rotatable bonds is 2. The molecule has 0 amide bonds. The number of alkyl halides is 3. The molecule has 1 aliphatic heterocycles. The van der Waals surface area contributed by atoms with Crippen LogP contribution >= 0.6 is 0 Å². The Hall–Kier alpha value is -1.14. The van der Waals surface area contributed by atoms with E-state index in [9.17, 15) is 17.6 Å². The normalized spacial score (nSPS) is 24.9. The van der Waals surface area contributed by atoms with Crippen LogP contribution in [0.4, 0.5) is 17.6 Å². The number of benzene rings is 1. The van der Waals surface area contributed by atoms with Gasteiger partial charge in [-0.2, -0.15) is 13.2 Å². The average molecular weight is 276 g/mol. The Morgan fingerprint density at radius 3 is 2.58 bits per heavy atom. The predicted molar refractivity (Wildman–Crippen MR) is 63.9 cm³/mol. The second-order valence-electron chi connectivity index (χ2n) is 5.03. The number of halogens is 4. The number of hydrogen-bond acceptors (Lipinski definition) is 2. The van der Waals surface area contributed by atoms with Gasteiger partial charge in [-0.15, -0.1) is 0 Å². The molecule has 0 aliphatic carbocycles. The molecule has 1 fully saturated rings. The zero-order valence-corrected chi connectivity index (χ0v) is 10.5. The van der Waals surface area contributed by atoms with Crippen LogP contribution in [0.3, 0.4) is 0 Å². The Morgan fingerprint density at radius 1 is 1.37 bits per heavy atom. The Kier molecular flexibility index (Phi) is 3.82. The minimum absolute atomic E-state index is 0.129. The highest BCUT2D eigenvalue weighted by molar-refractivity contribution is 5.30. The number of nitrogens with two attached hydrogens (primary N) is 1. The molecular weight excluding hydrogens is 260 g/mol. The highest BCUT2D eigenvalue weighted by atomic mass is 19.4. The first kappa shape index (κ1) is 14.3. The number of likely N-dealkylation sites (tertiary alicyclic amines) is 1. The van der Waals surface area contributed by atoms with Crippen LogP contribution in [0.15, 0.2) is 18.2 Å². The topological polar surface area (TPSA) is 29.3 Å². The predicted octanol–water partition coefficient (Wildman–Crippen LogP) is 2.80. The van der Waals surface area contributed by atoms with Crippen molar-refractivity contribution in [2.75, 3.05) is 20.1 Å². The van der Waals surface area contributed by atoms with Crippen molar-refractivity contribution in [3.63, 3.8) is 0 Å². The summed E-state index contributed by atoms with van der Waals surface area (Å²) >= 11 is 0. The fourth-order valence-electron chi connectivity index (χ4n) is 2.63. The van der Waals surface area contributed by atoms with Crippen molar-refractivity contribution >= 4 is 0 Å². The van der Waals surface area contributed by atoms with Gasteiger partial charge in [-0.1, -0.05) is 6.07 Å². The van der Waals surface area contributed by atoms with Gasteiger partial charge in [0.1, 0.15) is 5.82 Å². The third kappa shape index (κ3) is 2.90. The highest BCUT2D eigenvalue weighted by Gasteiger charge is 2.36. The van der Waals surface area contributed by atoms with E-state index in [2.05, 4.69) is 0 Å². The highest BCUT2D eigenvalue weighted by Crippen LogP contribution is 2.37. The smallest absolute Gasteiger partial charge is 0.330 e. The zero-order chi connectivity index (χ0) is 14.2. The molecule has 0 spiro atoms. The monoisotopic (exact) mass is 276 g/mol. The minimum atomic E-state index is -4.66. The van der Waals surface area contributed by atoms with E-state index in [1.165, 1.54) is 6.07 Å². The molecule has 2 N–H and O–H groups in total. The molecule has 2 unspecified atom stereocenters. The fraction of sp³-hybridized carbons (Fsp3) is 0.538. The van der Waals surface area contributed by atoms with Gasteiger partial charge in [0.05, 0.1) is 5.56 Å². The standard InChI is InChI=1S/C13H16F4N2/c1-19-7-8(6-18)4-12(19)9-2-3-11(14)10(5-9)13(15,16)17/h2-3,5,8,12H,4,6-7,18H2,1H3. The molecule has 0 bridgehead atoms. The van der Waals surface area contributed by atoms with Crippen molar-refractivity contribution in [2.24, 2.45) is 11.7 Å². The van der Waals surface area contributed by atoms with E-state index < -0.39 is 17.6 Å². The molecule has 106 valence electrons. The van der Waals surface area contributed by atoms with Crippen molar-refractivity contribution in [3.8, 4) is 0 Å². The maximum absolute atomic E-state index is 13.2. The fourth-order valence-corrected chi connectivity index (χ4v) is 2.63. The van der Waals surface area contributed by atoms with Crippen LogP contribution in [0.2, 0.25) is 0 Å². The van der Waals surface area contributed by atoms with Gasteiger partial charge >= 0.3 is 6.18 Å². The van der Waals surface area contributed by atoms with Gasteiger partial charge in [0.2, 0.25) is 0 Å². The van der Waals surface area contributed by atoms with E-state index in [0.717, 1.165) is 18.7 Å². The molecule has 2 atom stereocenters. The molecule has 2 nitrogen and oxygen atoms in total.